The molecule has 15 rings (SSSR count). The zero-order chi connectivity index (χ0) is 94.4. The Kier molecular flexibility index (Phi) is 33.3. The molecule has 35 heteroatoms. The number of methoxy groups -OCH3 is 3. The van der Waals surface area contributed by atoms with Crippen LogP contribution in [0.2, 0.25) is 15.1 Å². The number of aromatic nitrogens is 9. The summed E-state index contributed by atoms with van der Waals surface area (Å²) in [6, 6.07) is 34.6. The van der Waals surface area contributed by atoms with Crippen LogP contribution in [0.5, 0.6) is 17.6 Å². The predicted molar refractivity (Wildman–Crippen MR) is 506 cm³/mol. The van der Waals surface area contributed by atoms with Crippen LogP contribution in [0.3, 0.4) is 0 Å². The number of sulfone groups is 3. The average molecular weight is 1910 g/mol. The van der Waals surface area contributed by atoms with Gasteiger partial charge in [0.25, 0.3) is 0 Å². The molecule has 25 nitrogen and oxygen atoms in total. The normalized spacial score (nSPS) is 17.1. The highest BCUT2D eigenvalue weighted by atomic mass is 35.5. The lowest BCUT2D eigenvalue weighted by atomic mass is 9.85. The highest BCUT2D eigenvalue weighted by Gasteiger charge is 2.33. The van der Waals surface area contributed by atoms with Gasteiger partial charge in [-0.15, -0.1) is 0 Å². The number of nitrogens with one attached hydrogen (secondary N) is 3. The predicted octanol–water partition coefficient (Wildman–Crippen LogP) is 20.7. The van der Waals surface area contributed by atoms with Crippen molar-refractivity contribution < 1.29 is 66.6 Å². The van der Waals surface area contributed by atoms with Gasteiger partial charge in [-0.2, -0.15) is 4.39 Å². The number of hydrogen-bond acceptors (Lipinski definition) is 24. The van der Waals surface area contributed by atoms with E-state index in [0.29, 0.717) is 87.5 Å². The average Bonchev–Trinajstić information content (AvgIpc) is 0.775. The van der Waals surface area contributed by atoms with E-state index in [9.17, 15) is 34.4 Å². The molecule has 0 atom stereocenters. The number of rotatable bonds is 25. The van der Waals surface area contributed by atoms with Crippen LogP contribution >= 0.6 is 34.8 Å². The van der Waals surface area contributed by atoms with Crippen LogP contribution in [0.15, 0.2) is 161 Å². The first kappa shape index (κ1) is 99.4. The Bertz CT molecular complexity index is 6490. The molecule has 6 aromatic heterocycles. The second kappa shape index (κ2) is 43.9. The molecule has 3 saturated carbocycles. The number of amides is 1. The molecule has 0 aliphatic heterocycles. The lowest BCUT2D eigenvalue weighted by molar-refractivity contribution is 0.0185. The summed E-state index contributed by atoms with van der Waals surface area (Å²) in [5.41, 5.74) is 12.1. The van der Waals surface area contributed by atoms with E-state index in [0.717, 1.165) is 89.0 Å². The van der Waals surface area contributed by atoms with Crippen LogP contribution in [0, 0.1) is 29.4 Å². The van der Waals surface area contributed by atoms with Crippen molar-refractivity contribution in [1.82, 2.24) is 55.1 Å². The molecule has 0 bridgehead atoms. The first-order valence-electron chi connectivity index (χ1n) is 43.6. The summed E-state index contributed by atoms with van der Waals surface area (Å²) in [7, 11) is -3.86. The summed E-state index contributed by atoms with van der Waals surface area (Å²) in [5.74, 6) is -2.14. The van der Waals surface area contributed by atoms with Gasteiger partial charge in [-0.05, 0) is 254 Å². The third-order valence-corrected chi connectivity index (χ3v) is 30.0. The molecule has 131 heavy (non-hydrogen) atoms. The Morgan fingerprint density at radius 3 is 1.13 bits per heavy atom. The van der Waals surface area contributed by atoms with Crippen molar-refractivity contribution in [1.29, 1.82) is 0 Å². The number of fused-ring (bicyclic) bond motifs is 3. The molecule has 3 aliphatic rings. The van der Waals surface area contributed by atoms with Gasteiger partial charge in [-0.25, -0.2) is 88.1 Å². The summed E-state index contributed by atoms with van der Waals surface area (Å²) in [5, 5.41) is 12.6. The number of pyridine rings is 3. The van der Waals surface area contributed by atoms with E-state index < -0.39 is 75.9 Å². The summed E-state index contributed by atoms with van der Waals surface area (Å²) < 4.78 is 159. The number of carbonyl (C=O) groups excluding carboxylic acids is 1. The van der Waals surface area contributed by atoms with Gasteiger partial charge in [0.15, 0.2) is 29.5 Å². The number of nitrogens with zero attached hydrogens (tertiary/aromatic N) is 10. The molecule has 0 spiro atoms. The quantitative estimate of drug-likeness (QED) is 0.0305. The van der Waals surface area contributed by atoms with E-state index in [2.05, 4.69) is 57.8 Å². The Balaban J connectivity index is 0.000000171. The number of aryl methyl sites for hydroxylation is 3. The maximum absolute atomic E-state index is 15.5. The van der Waals surface area contributed by atoms with E-state index >= 15 is 13.2 Å². The maximum atomic E-state index is 15.5. The first-order chi connectivity index (χ1) is 62.5. The Hall–Kier alpha value is -10.6. The Morgan fingerprint density at radius 2 is 0.802 bits per heavy atom. The number of halogens is 7. The second-order valence-electron chi connectivity index (χ2n) is 33.7. The van der Waals surface area contributed by atoms with Gasteiger partial charge in [0.1, 0.15) is 40.3 Å². The monoisotopic (exact) mass is 1910 g/mol. The van der Waals surface area contributed by atoms with Crippen molar-refractivity contribution in [3.63, 3.8) is 0 Å². The van der Waals surface area contributed by atoms with Crippen molar-refractivity contribution in [3.8, 4) is 51.0 Å². The first-order valence-corrected chi connectivity index (χ1v) is 49.6. The van der Waals surface area contributed by atoms with Crippen LogP contribution < -0.4 is 35.9 Å². The number of carbonyl (C=O) groups is 1. The zero-order valence-electron chi connectivity index (χ0n) is 75.2. The number of ether oxygens (including phenoxy) is 4. The molecular formula is C96H109Cl3F4N14O11S3. The number of benzene rings is 6. The van der Waals surface area contributed by atoms with Gasteiger partial charge < -0.3 is 45.5 Å². The van der Waals surface area contributed by atoms with Crippen molar-refractivity contribution in [2.24, 2.45) is 11.7 Å². The van der Waals surface area contributed by atoms with Crippen molar-refractivity contribution in [2.45, 2.75) is 219 Å². The van der Waals surface area contributed by atoms with Crippen molar-refractivity contribution in [2.75, 3.05) is 46.1 Å². The summed E-state index contributed by atoms with van der Waals surface area (Å²) in [6.07, 6.45) is 19.8. The van der Waals surface area contributed by atoms with E-state index in [1.165, 1.54) is 133 Å². The van der Waals surface area contributed by atoms with E-state index in [4.69, 9.17) is 69.5 Å². The molecule has 696 valence electrons. The molecule has 0 radical (unpaired) electrons. The van der Waals surface area contributed by atoms with Crippen LogP contribution in [-0.4, -0.2) is 152 Å². The SMILES string of the molecule is CCc1cc(-c2cc(F)c(CS(=O)(=O)c3ccccc3Cl)nc2OC)cc2cnc(F)nc12.CCc1cc(-c2cc(F)c(CS(=O)(=O)c3ccccc3Cl)nc2OC)cc2cnc(NC3CCC(CC)CC3)nc12.CCc1cc(-c2cc(F)c(CS(=O)(=O)c3ccccc3Cl)nc2OC)cc2cnc(NC3CCC(N(C)C(=O)OC(C)(C)C)CC3)nc12.CNC1CCC(N)CC1. The number of anilines is 2. The minimum Gasteiger partial charge on any atom is -0.481 e. The minimum absolute atomic E-state index is 0.0448. The number of nitrogens with two attached hydrogens (primary N) is 1. The van der Waals surface area contributed by atoms with Gasteiger partial charge in [0.2, 0.25) is 29.5 Å². The van der Waals surface area contributed by atoms with E-state index in [1.807, 2.05) is 72.9 Å². The van der Waals surface area contributed by atoms with Gasteiger partial charge in [-0.3, -0.25) is 0 Å². The molecular weight excluding hydrogens is 1800 g/mol. The molecule has 6 heterocycles. The molecule has 0 unspecified atom stereocenters. The third kappa shape index (κ3) is 24.8. The highest BCUT2D eigenvalue weighted by molar-refractivity contribution is 7.91. The summed E-state index contributed by atoms with van der Waals surface area (Å²) in [4.78, 5) is 52.9. The molecule has 0 saturated heterocycles. The van der Waals surface area contributed by atoms with Crippen LogP contribution in [0.25, 0.3) is 66.1 Å². The van der Waals surface area contributed by atoms with Crippen molar-refractivity contribution in [3.05, 3.63) is 218 Å². The minimum atomic E-state index is -3.97. The second-order valence-corrected chi connectivity index (χ2v) is 40.8. The smallest absolute Gasteiger partial charge is 0.410 e. The maximum Gasteiger partial charge on any atom is 0.410 e. The van der Waals surface area contributed by atoms with Gasteiger partial charge >= 0.3 is 12.2 Å². The Labute approximate surface area is 777 Å². The topological polar surface area (TPSA) is 338 Å². The standard InChI is InChI=1S/C35H41ClFN5O5S.C31H34ClFN4O3S.C23H18ClF2N3O3S.C7H16N2/c1-7-21-16-22(26-18-28(37)29(40-32(26)46-6)20-48(44,45)30-11-9-8-10-27(30)36)17-23-19-38-33(41-31(21)23)39-24-12-14-25(15-13-24)42(5)34(43)47-35(2,3)4;1-4-19-10-12-23(13-11-19)35-31-34-17-22-15-21(14-20(5-2)29(22)37-31)24-16-26(33)27(36-30(24)40-3)18-41(38,39)28-9-7-6-8-25(28)32;1-3-13-8-14(9-15-11-27-23(26)29-21(13)15)16-10-18(25)19(28-22(16)32-2)12-33(30,31)20-7-5-4-6-17(20)24;1-9-7-4-2-6(8)3-5-7/h8-11,16-19,24-25H,7,12-15,20H2,1-6H3,(H,38,39,41);6-9,14-17,19,23H,4-5,10-13,18H2,1-3H3,(H,34,35,37);4-11H,3,12H2,1-2H3;6-7,9H,2-5,8H2,1H3. The largest absolute Gasteiger partial charge is 0.481 e. The fourth-order valence-corrected chi connectivity index (χ4v) is 22.0. The molecule has 1 amide bonds. The van der Waals surface area contributed by atoms with Gasteiger partial charge in [0.05, 0.1) is 84.7 Å². The van der Waals surface area contributed by atoms with Crippen LogP contribution in [0.4, 0.5) is 34.3 Å². The van der Waals surface area contributed by atoms with E-state index in [1.54, 1.807) is 66.8 Å². The Morgan fingerprint density at radius 1 is 0.466 bits per heavy atom. The van der Waals surface area contributed by atoms with Crippen LogP contribution in [-0.2, 0) is 70.8 Å². The van der Waals surface area contributed by atoms with Gasteiger partial charge in [0, 0.05) is 88.7 Å². The van der Waals surface area contributed by atoms with Crippen molar-refractivity contribution >= 4 is 115 Å². The lowest BCUT2D eigenvalue weighted by Crippen LogP contribution is -2.43. The molecule has 3 fully saturated rings. The fourth-order valence-electron chi connectivity index (χ4n) is 16.4. The van der Waals surface area contributed by atoms with Gasteiger partial charge in [-0.1, -0.05) is 105 Å². The molecule has 6 aromatic carbocycles. The third-order valence-electron chi connectivity index (χ3n) is 23.6. The zero-order valence-corrected chi connectivity index (χ0v) is 79.9. The summed E-state index contributed by atoms with van der Waals surface area (Å²) >= 11 is 18.2. The number of hydrogen-bond donors (Lipinski definition) is 4. The fraction of sp³-hybridized carbons (Fsp3) is 0.396. The lowest BCUT2D eigenvalue weighted by Gasteiger charge is -2.35. The molecule has 3 aliphatic carbocycles. The molecule has 12 aromatic rings. The highest BCUT2D eigenvalue weighted by Crippen LogP contribution is 2.41. The molecule has 5 N–H and O–H groups in total. The summed E-state index contributed by atoms with van der Waals surface area (Å²) in [6.45, 7) is 13.8. The van der Waals surface area contributed by atoms with E-state index in [-0.39, 0.29) is 82.7 Å². The van der Waals surface area contributed by atoms with Crippen LogP contribution in [0.1, 0.15) is 166 Å².